The Hall–Kier alpha value is -2.07. The number of ether oxygens (including phenoxy) is 1. The zero-order valence-electron chi connectivity index (χ0n) is 12.6. The molecule has 1 aromatic heterocycles. The van der Waals surface area contributed by atoms with E-state index in [1.165, 1.54) is 16.7 Å². The van der Waals surface area contributed by atoms with E-state index in [2.05, 4.69) is 47.7 Å². The van der Waals surface area contributed by atoms with Gasteiger partial charge in [0.15, 0.2) is 0 Å². The molecule has 1 N–H and O–H groups in total. The molecule has 1 aliphatic rings. The van der Waals surface area contributed by atoms with Gasteiger partial charge in [-0.2, -0.15) is 5.10 Å². The summed E-state index contributed by atoms with van der Waals surface area (Å²) in [5.74, 6) is 1.03. The van der Waals surface area contributed by atoms with E-state index in [9.17, 15) is 0 Å². The average molecular weight is 283 g/mol. The Labute approximate surface area is 125 Å². The molecule has 4 nitrogen and oxygen atoms in total. The Kier molecular flexibility index (Phi) is 4.06. The summed E-state index contributed by atoms with van der Waals surface area (Å²) in [4.78, 5) is 0. The first-order valence-corrected chi connectivity index (χ1v) is 7.33. The molecular weight excluding hydrogens is 262 g/mol. The molecule has 0 amide bonds. The largest absolute Gasteiger partial charge is 0.377 e. The molecule has 0 saturated heterocycles. The number of hydrogen-bond donors (Lipinski definition) is 1. The van der Waals surface area contributed by atoms with E-state index in [0.29, 0.717) is 0 Å². The monoisotopic (exact) mass is 283 g/mol. The van der Waals surface area contributed by atoms with Crippen LogP contribution in [0.1, 0.15) is 12.0 Å². The fraction of sp³-hybridized carbons (Fsp3) is 0.353. The molecule has 2 aromatic rings. The minimum atomic E-state index is 0.732. The van der Waals surface area contributed by atoms with Gasteiger partial charge in [-0.15, -0.1) is 0 Å². The first kappa shape index (κ1) is 13.9. The van der Waals surface area contributed by atoms with Crippen LogP contribution in [0.3, 0.4) is 0 Å². The molecule has 0 radical (unpaired) electrons. The van der Waals surface area contributed by atoms with Crippen molar-refractivity contribution in [2.24, 2.45) is 7.05 Å². The van der Waals surface area contributed by atoms with Crippen molar-refractivity contribution in [1.82, 2.24) is 9.78 Å². The van der Waals surface area contributed by atoms with Crippen molar-refractivity contribution in [3.63, 3.8) is 0 Å². The molecule has 0 spiro atoms. The lowest BCUT2D eigenvalue weighted by molar-refractivity contribution is 0.150. The maximum absolute atomic E-state index is 5.46. The lowest BCUT2D eigenvalue weighted by Gasteiger charge is -2.14. The first-order valence-electron chi connectivity index (χ1n) is 7.33. The second kappa shape index (κ2) is 6.14. The van der Waals surface area contributed by atoms with E-state index in [4.69, 9.17) is 4.74 Å². The van der Waals surface area contributed by atoms with Crippen molar-refractivity contribution in [2.75, 3.05) is 25.1 Å². The van der Waals surface area contributed by atoms with Crippen molar-refractivity contribution < 1.29 is 4.74 Å². The summed E-state index contributed by atoms with van der Waals surface area (Å²) in [6.07, 6.45) is 3.27. The molecule has 2 heterocycles. The van der Waals surface area contributed by atoms with Gasteiger partial charge in [0, 0.05) is 25.2 Å². The molecule has 3 rings (SSSR count). The molecule has 110 valence electrons. The minimum Gasteiger partial charge on any atom is -0.377 e. The molecule has 1 aliphatic heterocycles. The third kappa shape index (κ3) is 3.16. The van der Waals surface area contributed by atoms with Crippen LogP contribution < -0.4 is 5.32 Å². The van der Waals surface area contributed by atoms with Gasteiger partial charge in [-0.1, -0.05) is 30.3 Å². The van der Waals surface area contributed by atoms with Gasteiger partial charge >= 0.3 is 0 Å². The zero-order valence-corrected chi connectivity index (χ0v) is 12.6. The number of rotatable bonds is 4. The van der Waals surface area contributed by atoms with Gasteiger partial charge in [0.2, 0.25) is 0 Å². The van der Waals surface area contributed by atoms with Crippen molar-refractivity contribution in [2.45, 2.75) is 13.3 Å². The summed E-state index contributed by atoms with van der Waals surface area (Å²) in [6, 6.07) is 10.4. The number of hydrogen-bond acceptors (Lipinski definition) is 3. The Bertz CT molecular complexity index is 658. The highest BCUT2D eigenvalue weighted by Crippen LogP contribution is 2.24. The molecule has 1 aromatic carbocycles. The fourth-order valence-electron chi connectivity index (χ4n) is 2.56. The second-order valence-corrected chi connectivity index (χ2v) is 5.41. The molecule has 0 saturated carbocycles. The van der Waals surface area contributed by atoms with Crippen molar-refractivity contribution in [3.8, 4) is 11.3 Å². The van der Waals surface area contributed by atoms with Crippen molar-refractivity contribution in [1.29, 1.82) is 0 Å². The van der Waals surface area contributed by atoms with Gasteiger partial charge in [-0.05, 0) is 24.5 Å². The number of aryl methyl sites for hydroxylation is 2. The second-order valence-electron chi connectivity index (χ2n) is 5.41. The lowest BCUT2D eigenvalue weighted by atomic mass is 10.1. The Morgan fingerprint density at radius 1 is 1.33 bits per heavy atom. The van der Waals surface area contributed by atoms with E-state index in [1.54, 1.807) is 0 Å². The van der Waals surface area contributed by atoms with E-state index in [0.717, 1.165) is 37.7 Å². The Balaban J connectivity index is 1.75. The number of nitrogens with one attached hydrogen (secondary N) is 1. The number of anilines is 1. The highest BCUT2D eigenvalue weighted by Gasteiger charge is 2.10. The van der Waals surface area contributed by atoms with Gasteiger partial charge in [0.1, 0.15) is 5.82 Å². The lowest BCUT2D eigenvalue weighted by Crippen LogP contribution is -2.15. The SMILES string of the molecule is Cc1ccccc1-c1cc(NCC2=CCCOC2)n(C)n1. The van der Waals surface area contributed by atoms with Gasteiger partial charge < -0.3 is 10.1 Å². The molecule has 0 atom stereocenters. The highest BCUT2D eigenvalue weighted by atomic mass is 16.5. The number of benzene rings is 1. The maximum Gasteiger partial charge on any atom is 0.124 e. The van der Waals surface area contributed by atoms with E-state index in [1.807, 2.05) is 17.8 Å². The molecule has 21 heavy (non-hydrogen) atoms. The molecule has 0 unspecified atom stereocenters. The van der Waals surface area contributed by atoms with Crippen LogP contribution in [-0.2, 0) is 11.8 Å². The predicted octanol–water partition coefficient (Wildman–Crippen LogP) is 3.15. The molecule has 0 bridgehead atoms. The number of aromatic nitrogens is 2. The number of nitrogens with zero attached hydrogens (tertiary/aromatic N) is 2. The summed E-state index contributed by atoms with van der Waals surface area (Å²) in [5.41, 5.74) is 4.73. The summed E-state index contributed by atoms with van der Waals surface area (Å²) in [5, 5.41) is 8.05. The summed E-state index contributed by atoms with van der Waals surface area (Å²) >= 11 is 0. The van der Waals surface area contributed by atoms with Crippen LogP contribution in [0.15, 0.2) is 42.0 Å². The fourth-order valence-corrected chi connectivity index (χ4v) is 2.56. The third-order valence-electron chi connectivity index (χ3n) is 3.78. The first-order chi connectivity index (χ1) is 10.2. The quantitative estimate of drug-likeness (QED) is 0.876. The van der Waals surface area contributed by atoms with Gasteiger partial charge in [0.05, 0.1) is 18.9 Å². The summed E-state index contributed by atoms with van der Waals surface area (Å²) in [6.45, 7) is 4.50. The van der Waals surface area contributed by atoms with Crippen molar-refractivity contribution in [3.05, 3.63) is 47.5 Å². The van der Waals surface area contributed by atoms with Gasteiger partial charge in [-0.25, -0.2) is 0 Å². The Morgan fingerprint density at radius 3 is 2.95 bits per heavy atom. The Morgan fingerprint density at radius 2 is 2.19 bits per heavy atom. The smallest absolute Gasteiger partial charge is 0.124 e. The maximum atomic E-state index is 5.46. The molecule has 0 fully saturated rings. The standard InChI is InChI=1S/C17H21N3O/c1-13-6-3-4-8-15(13)16-10-17(20(2)19-16)18-11-14-7-5-9-21-12-14/h3-4,6-8,10,18H,5,9,11-12H2,1-2H3. The van der Waals surface area contributed by atoms with Crippen LogP contribution >= 0.6 is 0 Å². The summed E-state index contributed by atoms with van der Waals surface area (Å²) < 4.78 is 7.36. The van der Waals surface area contributed by atoms with Crippen LogP contribution in [0.2, 0.25) is 0 Å². The predicted molar refractivity (Wildman–Crippen MR) is 85.4 cm³/mol. The molecule has 0 aliphatic carbocycles. The van der Waals surface area contributed by atoms with Crippen LogP contribution in [0.4, 0.5) is 5.82 Å². The van der Waals surface area contributed by atoms with Crippen LogP contribution in [0.25, 0.3) is 11.3 Å². The highest BCUT2D eigenvalue weighted by molar-refractivity contribution is 5.66. The third-order valence-corrected chi connectivity index (χ3v) is 3.78. The topological polar surface area (TPSA) is 39.1 Å². The van der Waals surface area contributed by atoms with Crippen molar-refractivity contribution >= 4 is 5.82 Å². The van der Waals surface area contributed by atoms with Gasteiger partial charge in [0.25, 0.3) is 0 Å². The zero-order chi connectivity index (χ0) is 14.7. The van der Waals surface area contributed by atoms with Crippen LogP contribution in [-0.4, -0.2) is 29.5 Å². The van der Waals surface area contributed by atoms with Crippen LogP contribution in [0.5, 0.6) is 0 Å². The van der Waals surface area contributed by atoms with E-state index in [-0.39, 0.29) is 0 Å². The van der Waals surface area contributed by atoms with Crippen LogP contribution in [0, 0.1) is 6.92 Å². The minimum absolute atomic E-state index is 0.732. The summed E-state index contributed by atoms with van der Waals surface area (Å²) in [7, 11) is 1.97. The molecular formula is C17H21N3O. The normalized spacial score (nSPS) is 14.9. The average Bonchev–Trinajstić information content (AvgIpc) is 2.88. The molecule has 4 heteroatoms. The van der Waals surface area contributed by atoms with E-state index < -0.39 is 0 Å². The van der Waals surface area contributed by atoms with Gasteiger partial charge in [-0.3, -0.25) is 4.68 Å². The van der Waals surface area contributed by atoms with E-state index >= 15 is 0 Å².